The topological polar surface area (TPSA) is 92.7 Å². The van der Waals surface area contributed by atoms with Crippen molar-refractivity contribution in [3.05, 3.63) is 58.2 Å². The van der Waals surface area contributed by atoms with Gasteiger partial charge in [-0.1, -0.05) is 45.2 Å². The van der Waals surface area contributed by atoms with Gasteiger partial charge in [-0.3, -0.25) is 9.59 Å². The number of hydrogen-bond donors (Lipinski definition) is 0. The molecule has 1 atom stereocenters. The smallest absolute Gasteiger partial charge is 0.342 e. The highest BCUT2D eigenvalue weighted by Gasteiger charge is 2.34. The van der Waals surface area contributed by atoms with Crippen molar-refractivity contribution in [2.45, 2.75) is 79.2 Å². The fraction of sp³-hybridized carbons (Fsp3) is 0.552. The van der Waals surface area contributed by atoms with Gasteiger partial charge in [-0.2, -0.15) is 0 Å². The van der Waals surface area contributed by atoms with Gasteiger partial charge in [-0.15, -0.1) is 0 Å². The number of esters is 1. The third-order valence-electron chi connectivity index (χ3n) is 6.71. The normalized spacial score (nSPS) is 15.5. The van der Waals surface area contributed by atoms with E-state index in [1.165, 1.54) is 18.4 Å². The predicted molar refractivity (Wildman–Crippen MR) is 143 cm³/mol. The number of aromatic nitrogens is 2. The molecule has 1 fully saturated rings. The molecule has 1 aliphatic heterocycles. The van der Waals surface area contributed by atoms with Crippen molar-refractivity contribution in [1.82, 2.24) is 19.8 Å². The third kappa shape index (κ3) is 6.93. The van der Waals surface area contributed by atoms with E-state index in [0.717, 1.165) is 19.3 Å². The van der Waals surface area contributed by atoms with Crippen molar-refractivity contribution in [1.29, 1.82) is 0 Å². The fourth-order valence-electron chi connectivity index (χ4n) is 4.77. The third-order valence-corrected chi connectivity index (χ3v) is 6.71. The lowest BCUT2D eigenvalue weighted by molar-refractivity contribution is 0.0405. The molecule has 3 rings (SSSR count). The van der Waals surface area contributed by atoms with Crippen LogP contribution in [0, 0.1) is 6.92 Å². The lowest BCUT2D eigenvalue weighted by Gasteiger charge is -2.40. The van der Waals surface area contributed by atoms with Crippen molar-refractivity contribution >= 4 is 17.8 Å². The van der Waals surface area contributed by atoms with Crippen LogP contribution >= 0.6 is 0 Å². The maximum Gasteiger partial charge on any atom is 0.342 e. The molecule has 0 spiro atoms. The van der Waals surface area contributed by atoms with Gasteiger partial charge < -0.3 is 14.5 Å². The molecule has 1 aliphatic rings. The second-order valence-electron chi connectivity index (χ2n) is 9.66. The average Bonchev–Trinajstić information content (AvgIpc) is 2.88. The summed E-state index contributed by atoms with van der Waals surface area (Å²) in [6.07, 6.45) is 5.89. The Labute approximate surface area is 220 Å². The van der Waals surface area contributed by atoms with Crippen LogP contribution in [0.4, 0.5) is 0 Å². The summed E-state index contributed by atoms with van der Waals surface area (Å²) in [6.45, 7) is 10.9. The Morgan fingerprint density at radius 2 is 1.68 bits per heavy atom. The van der Waals surface area contributed by atoms with Crippen LogP contribution in [0.1, 0.15) is 102 Å². The molecule has 1 unspecified atom stereocenters. The molecular weight excluding hydrogens is 468 g/mol. The maximum atomic E-state index is 13.6. The highest BCUT2D eigenvalue weighted by Crippen LogP contribution is 2.21. The highest BCUT2D eigenvalue weighted by atomic mass is 16.5. The molecule has 200 valence electrons. The van der Waals surface area contributed by atoms with E-state index in [1.54, 1.807) is 18.7 Å². The van der Waals surface area contributed by atoms with E-state index in [-0.39, 0.29) is 35.7 Å². The van der Waals surface area contributed by atoms with E-state index in [0.29, 0.717) is 43.1 Å². The van der Waals surface area contributed by atoms with Gasteiger partial charge >= 0.3 is 5.97 Å². The molecule has 1 aromatic heterocycles. The largest absolute Gasteiger partial charge is 0.462 e. The number of nitrogens with zero attached hydrogens (tertiary/aromatic N) is 4. The van der Waals surface area contributed by atoms with Gasteiger partial charge in [0.25, 0.3) is 11.8 Å². The monoisotopic (exact) mass is 508 g/mol. The standard InChI is InChI=1S/C29H40N4O4/c1-6-9-10-12-22-13-15-23(16-14-22)27(34)33-18-17-32(19-20(33)4)28(35)26-25(29(36)37-8-3)24(11-7-2)30-21(5)31-26/h13-16,20H,6-12,17-19H2,1-5H3. The lowest BCUT2D eigenvalue weighted by atomic mass is 10.0. The first kappa shape index (κ1) is 28.3. The van der Waals surface area contributed by atoms with Crippen molar-refractivity contribution in [3.8, 4) is 0 Å². The van der Waals surface area contributed by atoms with Crippen LogP contribution in [-0.4, -0.2) is 69.8 Å². The zero-order valence-electron chi connectivity index (χ0n) is 22.9. The lowest BCUT2D eigenvalue weighted by Crippen LogP contribution is -2.55. The van der Waals surface area contributed by atoms with E-state index in [1.807, 2.05) is 43.0 Å². The van der Waals surface area contributed by atoms with Crippen molar-refractivity contribution in [2.75, 3.05) is 26.2 Å². The van der Waals surface area contributed by atoms with Crippen LogP contribution in [0.5, 0.6) is 0 Å². The van der Waals surface area contributed by atoms with E-state index < -0.39 is 5.97 Å². The van der Waals surface area contributed by atoms with Gasteiger partial charge in [0.05, 0.1) is 12.3 Å². The zero-order valence-corrected chi connectivity index (χ0v) is 22.9. The predicted octanol–water partition coefficient (Wildman–Crippen LogP) is 4.63. The molecule has 8 heteroatoms. The van der Waals surface area contributed by atoms with E-state index in [9.17, 15) is 14.4 Å². The molecule has 2 heterocycles. The van der Waals surface area contributed by atoms with Gasteiger partial charge in [0.15, 0.2) is 0 Å². The molecule has 8 nitrogen and oxygen atoms in total. The van der Waals surface area contributed by atoms with Crippen LogP contribution in [0.15, 0.2) is 24.3 Å². The minimum absolute atomic E-state index is 0.0324. The molecule has 0 bridgehead atoms. The summed E-state index contributed by atoms with van der Waals surface area (Å²) in [5.74, 6) is -0.495. The van der Waals surface area contributed by atoms with Gasteiger partial charge in [-0.05, 0) is 57.7 Å². The van der Waals surface area contributed by atoms with Crippen molar-refractivity contribution in [2.24, 2.45) is 0 Å². The summed E-state index contributed by atoms with van der Waals surface area (Å²) in [4.78, 5) is 51.9. The van der Waals surface area contributed by atoms with E-state index >= 15 is 0 Å². The number of amides is 2. The fourth-order valence-corrected chi connectivity index (χ4v) is 4.77. The Morgan fingerprint density at radius 3 is 2.30 bits per heavy atom. The number of piperazine rings is 1. The summed E-state index contributed by atoms with van der Waals surface area (Å²) < 4.78 is 5.24. The first-order valence-corrected chi connectivity index (χ1v) is 13.5. The highest BCUT2D eigenvalue weighted by molar-refractivity contribution is 6.04. The Bertz CT molecular complexity index is 1100. The first-order valence-electron chi connectivity index (χ1n) is 13.5. The summed E-state index contributed by atoms with van der Waals surface area (Å²) in [5.41, 5.74) is 2.68. The number of carbonyl (C=O) groups is 3. The van der Waals surface area contributed by atoms with Gasteiger partial charge in [0.1, 0.15) is 17.1 Å². The van der Waals surface area contributed by atoms with Crippen molar-refractivity contribution < 1.29 is 19.1 Å². The second-order valence-corrected chi connectivity index (χ2v) is 9.66. The SMILES string of the molecule is CCCCCc1ccc(C(=O)N2CCN(C(=O)c3nc(C)nc(CCC)c3C(=O)OCC)CC2C)cc1. The molecule has 2 amide bonds. The number of benzene rings is 1. The van der Waals surface area contributed by atoms with Crippen LogP contribution < -0.4 is 0 Å². The minimum Gasteiger partial charge on any atom is -0.462 e. The quantitative estimate of drug-likeness (QED) is 0.343. The number of rotatable bonds is 10. The number of carbonyl (C=O) groups excluding carboxylic acids is 3. The Hall–Kier alpha value is -3.29. The number of hydrogen-bond acceptors (Lipinski definition) is 6. The second kappa shape index (κ2) is 13.3. The molecule has 0 radical (unpaired) electrons. The number of unbranched alkanes of at least 4 members (excludes halogenated alkanes) is 2. The van der Waals surface area contributed by atoms with Crippen LogP contribution in [0.3, 0.4) is 0 Å². The summed E-state index contributed by atoms with van der Waals surface area (Å²) in [7, 11) is 0. The molecule has 1 saturated heterocycles. The molecule has 0 aliphatic carbocycles. The number of ether oxygens (including phenoxy) is 1. The van der Waals surface area contributed by atoms with Gasteiger partial charge in [-0.25, -0.2) is 14.8 Å². The molecule has 1 aromatic carbocycles. The van der Waals surface area contributed by atoms with Crippen LogP contribution in [0.25, 0.3) is 0 Å². The Kier molecular flexibility index (Phi) is 10.2. The molecule has 0 N–H and O–H groups in total. The molecule has 0 saturated carbocycles. The molecule has 2 aromatic rings. The van der Waals surface area contributed by atoms with Gasteiger partial charge in [0.2, 0.25) is 0 Å². The van der Waals surface area contributed by atoms with Crippen LogP contribution in [-0.2, 0) is 17.6 Å². The Balaban J connectivity index is 1.75. The minimum atomic E-state index is -0.575. The molecular formula is C29H40N4O4. The molecule has 37 heavy (non-hydrogen) atoms. The Morgan fingerprint density at radius 1 is 0.946 bits per heavy atom. The van der Waals surface area contributed by atoms with Gasteiger partial charge in [0, 0.05) is 31.2 Å². The maximum absolute atomic E-state index is 13.6. The number of aryl methyl sites for hydroxylation is 3. The summed E-state index contributed by atoms with van der Waals surface area (Å²) in [5, 5.41) is 0. The van der Waals surface area contributed by atoms with Crippen LogP contribution in [0.2, 0.25) is 0 Å². The summed E-state index contributed by atoms with van der Waals surface area (Å²) in [6, 6.07) is 7.70. The first-order chi connectivity index (χ1) is 17.8. The van der Waals surface area contributed by atoms with E-state index in [2.05, 4.69) is 16.9 Å². The summed E-state index contributed by atoms with van der Waals surface area (Å²) >= 11 is 0. The van der Waals surface area contributed by atoms with Crippen molar-refractivity contribution in [3.63, 3.8) is 0 Å². The zero-order chi connectivity index (χ0) is 26.9. The van der Waals surface area contributed by atoms with E-state index in [4.69, 9.17) is 4.74 Å². The average molecular weight is 509 g/mol.